The monoisotopic (exact) mass is 114 g/mol. The molecule has 0 bridgehead atoms. The fourth-order valence-corrected chi connectivity index (χ4v) is 0.183. The van der Waals surface area contributed by atoms with Crippen molar-refractivity contribution < 1.29 is 15.0 Å². The maximum Gasteiger partial charge on any atom is 0.336 e. The highest BCUT2D eigenvalue weighted by Gasteiger charge is 1.77. The van der Waals surface area contributed by atoms with Crippen molar-refractivity contribution in [3.63, 3.8) is 0 Å². The van der Waals surface area contributed by atoms with E-state index in [1.54, 1.807) is 0 Å². The Bertz CT molecular complexity index is 131. The quantitative estimate of drug-likeness (QED) is 0.385. The number of aliphatic hydroxyl groups is 1. The highest BCUT2D eigenvalue weighted by Crippen LogP contribution is 1.65. The number of hydrogen-bond donors (Lipinski definition) is 2. The lowest BCUT2D eigenvalue weighted by Gasteiger charge is -1.69. The average Bonchev–Trinajstić information content (AvgIpc) is 1.66. The second-order valence-corrected chi connectivity index (χ2v) is 1.04. The summed E-state index contributed by atoms with van der Waals surface area (Å²) < 4.78 is 0. The first-order valence-electron chi connectivity index (χ1n) is 2.02. The van der Waals surface area contributed by atoms with Crippen LogP contribution in [0.15, 0.2) is 17.9 Å². The minimum Gasteiger partial charge on any atom is -0.478 e. The molecule has 0 aliphatic carbocycles. The van der Waals surface area contributed by atoms with Gasteiger partial charge in [0.2, 0.25) is 0 Å². The lowest BCUT2D eigenvalue weighted by Crippen LogP contribution is -1.83. The molecule has 0 aromatic carbocycles. The Labute approximate surface area is 46.6 Å². The zero-order valence-electron chi connectivity index (χ0n) is 4.16. The van der Waals surface area contributed by atoms with Crippen molar-refractivity contribution in [3.05, 3.63) is 17.9 Å². The van der Waals surface area contributed by atoms with Crippen molar-refractivity contribution in [1.82, 2.24) is 0 Å². The Balaban J connectivity index is 3.64. The van der Waals surface area contributed by atoms with Gasteiger partial charge in [-0.15, -0.1) is 5.73 Å². The summed E-state index contributed by atoms with van der Waals surface area (Å²) in [5.41, 5.74) is 2.23. The van der Waals surface area contributed by atoms with Gasteiger partial charge in [0.25, 0.3) is 0 Å². The Morgan fingerprint density at radius 3 is 2.75 bits per heavy atom. The van der Waals surface area contributed by atoms with Crippen LogP contribution in [0.3, 0.4) is 0 Å². The number of aliphatic hydroxyl groups excluding tert-OH is 1. The lowest BCUT2D eigenvalue weighted by molar-refractivity contribution is -0.131. The highest BCUT2D eigenvalue weighted by atomic mass is 16.4. The molecule has 2 N–H and O–H groups in total. The molecule has 0 aromatic heterocycles. The van der Waals surface area contributed by atoms with Crippen LogP contribution in [0.2, 0.25) is 0 Å². The number of carbonyl (C=O) groups is 1. The third-order valence-corrected chi connectivity index (χ3v) is 0.416. The lowest BCUT2D eigenvalue weighted by atomic mass is 10.5. The number of carboxylic acid groups (broad SMARTS) is 1. The van der Waals surface area contributed by atoms with E-state index in [1.165, 1.54) is 6.08 Å². The first-order chi connectivity index (χ1) is 3.77. The molecule has 0 saturated heterocycles. The van der Waals surface area contributed by atoms with Crippen LogP contribution in [0.4, 0.5) is 0 Å². The molecule has 3 nitrogen and oxygen atoms in total. The first-order valence-corrected chi connectivity index (χ1v) is 2.02. The molecule has 0 heterocycles. The van der Waals surface area contributed by atoms with Gasteiger partial charge >= 0.3 is 5.97 Å². The minimum absolute atomic E-state index is 0.177. The van der Waals surface area contributed by atoms with Crippen molar-refractivity contribution in [3.8, 4) is 0 Å². The number of hydrogen-bond acceptors (Lipinski definition) is 2. The van der Waals surface area contributed by atoms with Crippen LogP contribution in [-0.4, -0.2) is 22.8 Å². The maximum absolute atomic E-state index is 9.65. The summed E-state index contributed by atoms with van der Waals surface area (Å²) in [6, 6.07) is 0. The van der Waals surface area contributed by atoms with E-state index in [1.807, 2.05) is 0 Å². The van der Waals surface area contributed by atoms with Gasteiger partial charge in [0.05, 0.1) is 12.7 Å². The molecule has 0 unspecified atom stereocenters. The molecule has 0 aliphatic heterocycles. The van der Waals surface area contributed by atoms with E-state index >= 15 is 0 Å². The Morgan fingerprint density at radius 2 is 2.38 bits per heavy atom. The number of rotatable bonds is 2. The molecule has 0 atom stereocenters. The highest BCUT2D eigenvalue weighted by molar-refractivity contribution is 5.79. The van der Waals surface area contributed by atoms with Gasteiger partial charge in [0.1, 0.15) is 0 Å². The van der Waals surface area contributed by atoms with E-state index in [9.17, 15) is 4.79 Å². The minimum atomic E-state index is -1.06. The molecule has 0 fully saturated rings. The van der Waals surface area contributed by atoms with Crippen molar-refractivity contribution in [1.29, 1.82) is 0 Å². The predicted molar refractivity (Wildman–Crippen MR) is 27.4 cm³/mol. The fraction of sp³-hybridized carbons (Fsp3) is 0.200. The summed E-state index contributed by atoms with van der Waals surface area (Å²) in [4.78, 5) is 9.65. The van der Waals surface area contributed by atoms with Crippen LogP contribution in [0, 0.1) is 0 Å². The second-order valence-electron chi connectivity index (χ2n) is 1.04. The van der Waals surface area contributed by atoms with Crippen LogP contribution in [0.1, 0.15) is 0 Å². The van der Waals surface area contributed by atoms with Crippen LogP contribution < -0.4 is 0 Å². The predicted octanol–water partition coefficient (Wildman–Crippen LogP) is -0.225. The standard InChI is InChI=1S/C5H6O3/c6-4-2-1-3-5(7)8/h2-3,6H,4H2,(H,7,8). The normalized spacial score (nSPS) is 7.12. The van der Waals surface area contributed by atoms with E-state index in [0.29, 0.717) is 0 Å². The SMILES string of the molecule is O=C(O)C=C=CCO. The van der Waals surface area contributed by atoms with Gasteiger partial charge in [-0.25, -0.2) is 4.79 Å². The van der Waals surface area contributed by atoms with E-state index in [0.717, 1.165) is 6.08 Å². The largest absolute Gasteiger partial charge is 0.478 e. The molecule has 0 aromatic rings. The molecule has 0 spiro atoms. The van der Waals surface area contributed by atoms with Gasteiger partial charge in [-0.3, -0.25) is 0 Å². The van der Waals surface area contributed by atoms with Crippen LogP contribution in [-0.2, 0) is 4.79 Å². The molecule has 0 saturated carbocycles. The van der Waals surface area contributed by atoms with E-state index < -0.39 is 5.97 Å². The summed E-state index contributed by atoms with van der Waals surface area (Å²) in [7, 11) is 0. The van der Waals surface area contributed by atoms with Crippen LogP contribution >= 0.6 is 0 Å². The molecule has 3 heteroatoms. The number of carboxylic acids is 1. The van der Waals surface area contributed by atoms with Gasteiger partial charge in [0.15, 0.2) is 0 Å². The number of aliphatic carboxylic acids is 1. The van der Waals surface area contributed by atoms with Gasteiger partial charge in [-0.05, 0) is 6.08 Å². The van der Waals surface area contributed by atoms with E-state index in [4.69, 9.17) is 10.2 Å². The Kier molecular flexibility index (Phi) is 3.58. The van der Waals surface area contributed by atoms with Crippen molar-refractivity contribution in [2.75, 3.05) is 6.61 Å². The molecule has 0 amide bonds. The fourth-order valence-electron chi connectivity index (χ4n) is 0.183. The molecule has 0 radical (unpaired) electrons. The Hall–Kier alpha value is -1.05. The maximum atomic E-state index is 9.65. The van der Waals surface area contributed by atoms with Crippen LogP contribution in [0.5, 0.6) is 0 Å². The van der Waals surface area contributed by atoms with Crippen molar-refractivity contribution in [2.24, 2.45) is 0 Å². The second kappa shape index (κ2) is 4.12. The first kappa shape index (κ1) is 6.95. The summed E-state index contributed by atoms with van der Waals surface area (Å²) in [5.74, 6) is -1.06. The molecule has 0 aliphatic rings. The molecule has 44 valence electrons. The summed E-state index contributed by atoms with van der Waals surface area (Å²) in [6.45, 7) is -0.177. The topological polar surface area (TPSA) is 57.5 Å². The molecular formula is C5H6O3. The van der Waals surface area contributed by atoms with Gasteiger partial charge < -0.3 is 10.2 Å². The van der Waals surface area contributed by atoms with E-state index in [-0.39, 0.29) is 6.61 Å². The van der Waals surface area contributed by atoms with Crippen molar-refractivity contribution in [2.45, 2.75) is 0 Å². The smallest absolute Gasteiger partial charge is 0.336 e. The zero-order valence-corrected chi connectivity index (χ0v) is 4.16. The van der Waals surface area contributed by atoms with Crippen molar-refractivity contribution >= 4 is 5.97 Å². The van der Waals surface area contributed by atoms with E-state index in [2.05, 4.69) is 5.73 Å². The molecule has 8 heavy (non-hydrogen) atoms. The third kappa shape index (κ3) is 4.95. The summed E-state index contributed by atoms with van der Waals surface area (Å²) >= 11 is 0. The van der Waals surface area contributed by atoms with Gasteiger partial charge in [-0.2, -0.15) is 0 Å². The zero-order chi connectivity index (χ0) is 6.41. The Morgan fingerprint density at radius 1 is 1.75 bits per heavy atom. The molecular weight excluding hydrogens is 108 g/mol. The van der Waals surface area contributed by atoms with Gasteiger partial charge in [0, 0.05) is 0 Å². The van der Waals surface area contributed by atoms with Gasteiger partial charge in [-0.1, -0.05) is 0 Å². The third-order valence-electron chi connectivity index (χ3n) is 0.416. The summed E-state index contributed by atoms with van der Waals surface area (Å²) in [5, 5.41) is 16.0. The van der Waals surface area contributed by atoms with Crippen LogP contribution in [0.25, 0.3) is 0 Å². The molecule has 0 rings (SSSR count). The summed E-state index contributed by atoms with van der Waals surface area (Å²) in [6.07, 6.45) is 2.05. The average molecular weight is 114 g/mol.